The molecule has 16 heavy (non-hydrogen) atoms. The molecule has 1 aliphatic heterocycles. The lowest BCUT2D eigenvalue weighted by molar-refractivity contribution is -0.121. The van der Waals surface area contributed by atoms with Crippen molar-refractivity contribution < 1.29 is 9.53 Å². The fraction of sp³-hybridized carbons (Fsp3) is 0.917. The summed E-state index contributed by atoms with van der Waals surface area (Å²) in [5.74, 6) is 0.114. The number of carbonyl (C=O) groups excluding carboxylic acids is 1. The highest BCUT2D eigenvalue weighted by Gasteiger charge is 2.26. The van der Waals surface area contributed by atoms with Crippen LogP contribution in [0.1, 0.15) is 40.0 Å². The molecule has 1 atom stereocenters. The summed E-state index contributed by atoms with van der Waals surface area (Å²) < 4.78 is 5.44. The Morgan fingerprint density at radius 1 is 1.50 bits per heavy atom. The zero-order valence-electron chi connectivity index (χ0n) is 10.6. The minimum Gasteiger partial charge on any atom is -0.380 e. The summed E-state index contributed by atoms with van der Waals surface area (Å²) in [6, 6.07) is 0.223. The summed E-state index contributed by atoms with van der Waals surface area (Å²) in [7, 11) is 0. The molecular formula is C12H24N2O2. The van der Waals surface area contributed by atoms with Crippen molar-refractivity contribution in [2.75, 3.05) is 19.8 Å². The van der Waals surface area contributed by atoms with Gasteiger partial charge in [0.15, 0.2) is 0 Å². The molecule has 0 radical (unpaired) electrons. The first-order valence-corrected chi connectivity index (χ1v) is 6.14. The Hall–Kier alpha value is -0.610. The predicted octanol–water partition coefficient (Wildman–Crippen LogP) is 1.06. The van der Waals surface area contributed by atoms with E-state index in [2.05, 4.69) is 17.6 Å². The molecule has 0 spiro atoms. The standard InChI is InChI=1S/C12H24N2O2/c1-10(2)14-11(15)5-7-13-12(3)6-4-8-16-9-12/h10,13H,4-9H2,1-3H3,(H,14,15). The van der Waals surface area contributed by atoms with Crippen LogP contribution in [0.4, 0.5) is 0 Å². The van der Waals surface area contributed by atoms with E-state index in [1.165, 1.54) is 0 Å². The minimum absolute atomic E-state index is 0.0519. The lowest BCUT2D eigenvalue weighted by Gasteiger charge is -2.34. The van der Waals surface area contributed by atoms with Gasteiger partial charge >= 0.3 is 0 Å². The van der Waals surface area contributed by atoms with E-state index in [0.717, 1.165) is 32.6 Å². The van der Waals surface area contributed by atoms with Crippen LogP contribution >= 0.6 is 0 Å². The molecule has 1 fully saturated rings. The molecule has 4 nitrogen and oxygen atoms in total. The Balaban J connectivity index is 2.16. The normalized spacial score (nSPS) is 25.8. The number of hydrogen-bond donors (Lipinski definition) is 2. The Morgan fingerprint density at radius 3 is 2.81 bits per heavy atom. The lowest BCUT2D eigenvalue weighted by atomic mass is 9.95. The van der Waals surface area contributed by atoms with E-state index in [0.29, 0.717) is 6.42 Å². The predicted molar refractivity (Wildman–Crippen MR) is 64.4 cm³/mol. The van der Waals surface area contributed by atoms with Gasteiger partial charge in [-0.15, -0.1) is 0 Å². The molecule has 1 rings (SSSR count). The SMILES string of the molecule is CC(C)NC(=O)CCNC1(C)CCCOC1. The molecule has 2 N–H and O–H groups in total. The van der Waals surface area contributed by atoms with Gasteiger partial charge in [0.2, 0.25) is 5.91 Å². The average molecular weight is 228 g/mol. The summed E-state index contributed by atoms with van der Waals surface area (Å²) in [6.07, 6.45) is 2.76. The maximum absolute atomic E-state index is 11.4. The summed E-state index contributed by atoms with van der Waals surface area (Å²) in [6.45, 7) is 8.44. The van der Waals surface area contributed by atoms with E-state index in [9.17, 15) is 4.79 Å². The molecular weight excluding hydrogens is 204 g/mol. The molecule has 0 aliphatic carbocycles. The Kier molecular flexibility index (Phi) is 5.22. The Morgan fingerprint density at radius 2 is 2.25 bits per heavy atom. The van der Waals surface area contributed by atoms with Gasteiger partial charge in [-0.1, -0.05) is 0 Å². The van der Waals surface area contributed by atoms with Gasteiger partial charge in [0, 0.05) is 31.2 Å². The summed E-state index contributed by atoms with van der Waals surface area (Å²) in [5, 5.41) is 6.30. The highest BCUT2D eigenvalue weighted by Crippen LogP contribution is 2.17. The van der Waals surface area contributed by atoms with E-state index in [1.54, 1.807) is 0 Å². The quantitative estimate of drug-likeness (QED) is 0.740. The molecule has 94 valence electrons. The van der Waals surface area contributed by atoms with Crippen LogP contribution in [0.3, 0.4) is 0 Å². The van der Waals surface area contributed by atoms with E-state index < -0.39 is 0 Å². The maximum Gasteiger partial charge on any atom is 0.221 e. The van der Waals surface area contributed by atoms with Gasteiger partial charge in [-0.2, -0.15) is 0 Å². The van der Waals surface area contributed by atoms with Crippen LogP contribution in [-0.4, -0.2) is 37.2 Å². The van der Waals surface area contributed by atoms with Gasteiger partial charge in [-0.3, -0.25) is 4.79 Å². The monoisotopic (exact) mass is 228 g/mol. The van der Waals surface area contributed by atoms with Crippen LogP contribution in [0.25, 0.3) is 0 Å². The first-order valence-electron chi connectivity index (χ1n) is 6.14. The van der Waals surface area contributed by atoms with Crippen LogP contribution < -0.4 is 10.6 Å². The number of ether oxygens (including phenoxy) is 1. The van der Waals surface area contributed by atoms with Gasteiger partial charge in [-0.25, -0.2) is 0 Å². The zero-order valence-corrected chi connectivity index (χ0v) is 10.6. The van der Waals surface area contributed by atoms with Crippen molar-refractivity contribution in [1.29, 1.82) is 0 Å². The van der Waals surface area contributed by atoms with Gasteiger partial charge < -0.3 is 15.4 Å². The molecule has 1 amide bonds. The Bertz CT molecular complexity index is 223. The summed E-state index contributed by atoms with van der Waals surface area (Å²) in [4.78, 5) is 11.4. The number of hydrogen-bond acceptors (Lipinski definition) is 3. The largest absolute Gasteiger partial charge is 0.380 e. The van der Waals surface area contributed by atoms with Crippen molar-refractivity contribution in [1.82, 2.24) is 10.6 Å². The number of carbonyl (C=O) groups is 1. The zero-order chi connectivity index (χ0) is 12.0. The highest BCUT2D eigenvalue weighted by molar-refractivity contribution is 5.76. The summed E-state index contributed by atoms with van der Waals surface area (Å²) in [5.41, 5.74) is 0.0519. The molecule has 1 saturated heterocycles. The topological polar surface area (TPSA) is 50.4 Å². The van der Waals surface area contributed by atoms with Crippen molar-refractivity contribution in [2.24, 2.45) is 0 Å². The molecule has 1 aliphatic rings. The van der Waals surface area contributed by atoms with Gasteiger partial charge in [0.05, 0.1) is 6.61 Å². The summed E-state index contributed by atoms with van der Waals surface area (Å²) >= 11 is 0. The highest BCUT2D eigenvalue weighted by atomic mass is 16.5. The van der Waals surface area contributed by atoms with Crippen molar-refractivity contribution in [3.63, 3.8) is 0 Å². The van der Waals surface area contributed by atoms with Crippen LogP contribution in [0, 0.1) is 0 Å². The van der Waals surface area contributed by atoms with Crippen LogP contribution in [0.2, 0.25) is 0 Å². The van der Waals surface area contributed by atoms with Crippen molar-refractivity contribution in [2.45, 2.75) is 51.6 Å². The number of nitrogens with one attached hydrogen (secondary N) is 2. The van der Waals surface area contributed by atoms with Crippen LogP contribution in [0.5, 0.6) is 0 Å². The maximum atomic E-state index is 11.4. The molecule has 0 aromatic carbocycles. The van der Waals surface area contributed by atoms with Crippen LogP contribution in [-0.2, 0) is 9.53 Å². The second-order valence-corrected chi connectivity index (χ2v) is 5.12. The Labute approximate surface area is 98.1 Å². The molecule has 1 unspecified atom stereocenters. The molecule has 0 aromatic heterocycles. The molecule has 4 heteroatoms. The number of rotatable bonds is 5. The van der Waals surface area contributed by atoms with Crippen LogP contribution in [0.15, 0.2) is 0 Å². The minimum atomic E-state index is 0.0519. The molecule has 0 saturated carbocycles. The van der Waals surface area contributed by atoms with Gasteiger partial charge in [0.1, 0.15) is 0 Å². The molecule has 0 aromatic rings. The average Bonchev–Trinajstić information content (AvgIpc) is 2.17. The van der Waals surface area contributed by atoms with E-state index in [-0.39, 0.29) is 17.5 Å². The van der Waals surface area contributed by atoms with Crippen molar-refractivity contribution in [3.05, 3.63) is 0 Å². The smallest absolute Gasteiger partial charge is 0.221 e. The third kappa shape index (κ3) is 4.94. The number of amides is 1. The fourth-order valence-corrected chi connectivity index (χ4v) is 1.95. The van der Waals surface area contributed by atoms with Crippen molar-refractivity contribution >= 4 is 5.91 Å². The third-order valence-corrected chi connectivity index (χ3v) is 2.79. The first-order chi connectivity index (χ1) is 7.52. The molecule has 0 bridgehead atoms. The second-order valence-electron chi connectivity index (χ2n) is 5.12. The van der Waals surface area contributed by atoms with E-state index in [1.807, 2.05) is 13.8 Å². The first kappa shape index (κ1) is 13.5. The van der Waals surface area contributed by atoms with E-state index in [4.69, 9.17) is 4.74 Å². The van der Waals surface area contributed by atoms with Gasteiger partial charge in [-0.05, 0) is 33.6 Å². The molecule has 1 heterocycles. The third-order valence-electron chi connectivity index (χ3n) is 2.79. The fourth-order valence-electron chi connectivity index (χ4n) is 1.95. The van der Waals surface area contributed by atoms with Gasteiger partial charge in [0.25, 0.3) is 0 Å². The second kappa shape index (κ2) is 6.21. The lowest BCUT2D eigenvalue weighted by Crippen LogP contribution is -2.50. The van der Waals surface area contributed by atoms with Crippen molar-refractivity contribution in [3.8, 4) is 0 Å². The van der Waals surface area contributed by atoms with E-state index >= 15 is 0 Å².